The van der Waals surface area contributed by atoms with Crippen LogP contribution in [0.1, 0.15) is 5.56 Å². The number of allylic oxidation sites excluding steroid dienone is 1. The normalized spacial score (nSPS) is 11.0. The van der Waals surface area contributed by atoms with Crippen molar-refractivity contribution in [1.82, 2.24) is 0 Å². The summed E-state index contributed by atoms with van der Waals surface area (Å²) in [6.07, 6.45) is 1.23. The molecule has 1 aromatic rings. The minimum atomic E-state index is 0.337. The Hall–Kier alpha value is -1.17. The lowest BCUT2D eigenvalue weighted by molar-refractivity contribution is 1.49. The van der Waals surface area contributed by atoms with E-state index in [1.165, 1.54) is 6.08 Å². The highest BCUT2D eigenvalue weighted by Gasteiger charge is 2.02. The van der Waals surface area contributed by atoms with Crippen molar-refractivity contribution in [2.45, 2.75) is 0 Å². The molecule has 0 saturated carbocycles. The molecule has 13 heavy (non-hydrogen) atoms. The fourth-order valence-corrected chi connectivity index (χ4v) is 1.39. The number of nitrogens with zero attached hydrogens (tertiary/aromatic N) is 1. The predicted octanol–water partition coefficient (Wildman–Crippen LogP) is 2.82. The van der Waals surface area contributed by atoms with Gasteiger partial charge in [0.2, 0.25) is 0 Å². The van der Waals surface area contributed by atoms with E-state index in [4.69, 9.17) is 34.2 Å². The van der Waals surface area contributed by atoms with Crippen LogP contribution in [0, 0.1) is 11.3 Å². The third kappa shape index (κ3) is 2.38. The highest BCUT2D eigenvalue weighted by atomic mass is 35.5. The van der Waals surface area contributed by atoms with Crippen LogP contribution in [0.5, 0.6) is 0 Å². The highest BCUT2D eigenvalue weighted by Crippen LogP contribution is 2.24. The van der Waals surface area contributed by atoms with E-state index in [-0.39, 0.29) is 0 Å². The van der Waals surface area contributed by atoms with Gasteiger partial charge in [0.05, 0.1) is 16.8 Å². The molecule has 0 fully saturated rings. The third-order valence-electron chi connectivity index (χ3n) is 1.46. The number of halogens is 2. The highest BCUT2D eigenvalue weighted by molar-refractivity contribution is 6.35. The molecule has 0 saturated heterocycles. The molecule has 0 aromatic heterocycles. The van der Waals surface area contributed by atoms with Crippen molar-refractivity contribution < 1.29 is 0 Å². The fourth-order valence-electron chi connectivity index (χ4n) is 0.871. The topological polar surface area (TPSA) is 49.8 Å². The van der Waals surface area contributed by atoms with Gasteiger partial charge in [0.25, 0.3) is 0 Å². The van der Waals surface area contributed by atoms with E-state index < -0.39 is 0 Å². The summed E-state index contributed by atoms with van der Waals surface area (Å²) in [5.74, 6) is 0. The van der Waals surface area contributed by atoms with Crippen LogP contribution < -0.4 is 5.73 Å². The van der Waals surface area contributed by atoms with E-state index in [1.807, 2.05) is 6.07 Å². The van der Waals surface area contributed by atoms with Crippen molar-refractivity contribution in [2.75, 3.05) is 0 Å². The molecular formula is C9H6Cl2N2. The van der Waals surface area contributed by atoms with E-state index in [9.17, 15) is 0 Å². The van der Waals surface area contributed by atoms with Gasteiger partial charge in [-0.2, -0.15) is 5.26 Å². The minimum Gasteiger partial charge on any atom is -0.398 e. The number of hydrogen-bond donors (Lipinski definition) is 1. The van der Waals surface area contributed by atoms with Crippen LogP contribution in [-0.4, -0.2) is 0 Å². The molecular weight excluding hydrogens is 207 g/mol. The van der Waals surface area contributed by atoms with Crippen LogP contribution in [0.25, 0.3) is 5.70 Å². The van der Waals surface area contributed by atoms with Gasteiger partial charge in [-0.3, -0.25) is 0 Å². The molecule has 0 radical (unpaired) electrons. The molecule has 0 heterocycles. The summed E-state index contributed by atoms with van der Waals surface area (Å²) < 4.78 is 0. The van der Waals surface area contributed by atoms with Crippen LogP contribution in [0.4, 0.5) is 0 Å². The zero-order valence-corrected chi connectivity index (χ0v) is 8.10. The average Bonchev–Trinajstić information content (AvgIpc) is 2.04. The van der Waals surface area contributed by atoms with Crippen molar-refractivity contribution >= 4 is 28.9 Å². The average molecular weight is 213 g/mol. The maximum Gasteiger partial charge on any atom is 0.0933 e. The molecule has 0 aliphatic heterocycles. The number of benzene rings is 1. The van der Waals surface area contributed by atoms with Gasteiger partial charge in [0.1, 0.15) is 0 Å². The molecule has 0 aliphatic carbocycles. The molecule has 0 atom stereocenters. The summed E-state index contributed by atoms with van der Waals surface area (Å²) in [5, 5.41) is 9.35. The Bertz CT molecular complexity index is 391. The van der Waals surface area contributed by atoms with Gasteiger partial charge in [0.15, 0.2) is 0 Å². The molecule has 1 rings (SSSR count). The number of hydrogen-bond acceptors (Lipinski definition) is 2. The summed E-state index contributed by atoms with van der Waals surface area (Å²) in [7, 11) is 0. The van der Waals surface area contributed by atoms with E-state index in [1.54, 1.807) is 18.2 Å². The molecule has 1 aromatic carbocycles. The Balaban J connectivity index is 3.18. The summed E-state index contributed by atoms with van der Waals surface area (Å²) in [4.78, 5) is 0. The fraction of sp³-hybridized carbons (Fsp3) is 0. The Morgan fingerprint density at radius 3 is 2.69 bits per heavy atom. The van der Waals surface area contributed by atoms with Gasteiger partial charge in [-0.25, -0.2) is 0 Å². The molecule has 0 unspecified atom stereocenters. The SMILES string of the molecule is N#C/C=C(\N)c1ccc(Cl)cc1Cl. The van der Waals surface area contributed by atoms with Gasteiger partial charge >= 0.3 is 0 Å². The molecule has 2 nitrogen and oxygen atoms in total. The Kier molecular flexibility index (Phi) is 3.18. The molecule has 0 spiro atoms. The Morgan fingerprint density at radius 2 is 2.15 bits per heavy atom. The predicted molar refractivity (Wildman–Crippen MR) is 54.2 cm³/mol. The van der Waals surface area contributed by atoms with Crippen LogP contribution in [0.2, 0.25) is 10.0 Å². The number of nitriles is 1. The largest absolute Gasteiger partial charge is 0.398 e. The third-order valence-corrected chi connectivity index (χ3v) is 2.01. The summed E-state index contributed by atoms with van der Waals surface area (Å²) in [6, 6.07) is 6.75. The lowest BCUT2D eigenvalue weighted by atomic mass is 10.1. The van der Waals surface area contributed by atoms with Gasteiger partial charge in [0, 0.05) is 16.7 Å². The minimum absolute atomic E-state index is 0.337. The van der Waals surface area contributed by atoms with Crippen LogP contribution >= 0.6 is 23.2 Å². The van der Waals surface area contributed by atoms with Crippen molar-refractivity contribution in [3.63, 3.8) is 0 Å². The number of rotatable bonds is 1. The summed E-state index contributed by atoms with van der Waals surface area (Å²) in [5.41, 5.74) is 6.52. The van der Waals surface area contributed by atoms with Gasteiger partial charge in [-0.15, -0.1) is 0 Å². The first-order chi connectivity index (χ1) is 6.15. The van der Waals surface area contributed by atoms with Crippen molar-refractivity contribution in [3.05, 3.63) is 39.9 Å². The van der Waals surface area contributed by atoms with E-state index in [0.717, 1.165) is 0 Å². The second kappa shape index (κ2) is 4.18. The van der Waals surface area contributed by atoms with E-state index >= 15 is 0 Å². The smallest absolute Gasteiger partial charge is 0.0933 e. The van der Waals surface area contributed by atoms with Gasteiger partial charge in [-0.05, 0) is 18.2 Å². The quantitative estimate of drug-likeness (QED) is 0.729. The van der Waals surface area contributed by atoms with Crippen molar-refractivity contribution in [1.29, 1.82) is 5.26 Å². The molecule has 4 heteroatoms. The molecule has 66 valence electrons. The maximum atomic E-state index is 8.37. The maximum absolute atomic E-state index is 8.37. The summed E-state index contributed by atoms with van der Waals surface area (Å²) >= 11 is 11.5. The zero-order chi connectivity index (χ0) is 9.84. The lowest BCUT2D eigenvalue weighted by Gasteiger charge is -2.02. The van der Waals surface area contributed by atoms with Gasteiger partial charge in [-0.1, -0.05) is 23.2 Å². The first-order valence-corrected chi connectivity index (χ1v) is 4.21. The van der Waals surface area contributed by atoms with Crippen molar-refractivity contribution in [3.8, 4) is 6.07 Å². The molecule has 2 N–H and O–H groups in total. The lowest BCUT2D eigenvalue weighted by Crippen LogP contribution is -1.96. The zero-order valence-electron chi connectivity index (χ0n) is 6.59. The van der Waals surface area contributed by atoms with E-state index in [0.29, 0.717) is 21.3 Å². The van der Waals surface area contributed by atoms with Crippen molar-refractivity contribution in [2.24, 2.45) is 5.73 Å². The standard InChI is InChI=1S/C9H6Cl2N2/c10-6-1-2-7(8(11)5-6)9(13)3-4-12/h1-3,5H,13H2/b9-3-. The van der Waals surface area contributed by atoms with Crippen LogP contribution in [0.15, 0.2) is 24.3 Å². The first kappa shape index (κ1) is 9.91. The molecule has 0 bridgehead atoms. The van der Waals surface area contributed by atoms with E-state index in [2.05, 4.69) is 0 Å². The Morgan fingerprint density at radius 1 is 1.46 bits per heavy atom. The van der Waals surface area contributed by atoms with Gasteiger partial charge < -0.3 is 5.73 Å². The second-order valence-corrected chi connectivity index (χ2v) is 3.20. The van der Waals surface area contributed by atoms with Crippen LogP contribution in [0.3, 0.4) is 0 Å². The molecule has 0 amide bonds. The first-order valence-electron chi connectivity index (χ1n) is 3.46. The monoisotopic (exact) mass is 212 g/mol. The second-order valence-electron chi connectivity index (χ2n) is 2.35. The molecule has 0 aliphatic rings. The summed E-state index contributed by atoms with van der Waals surface area (Å²) in [6.45, 7) is 0. The number of nitrogens with two attached hydrogens (primary N) is 1. The van der Waals surface area contributed by atoms with Crippen LogP contribution in [-0.2, 0) is 0 Å². The Labute approximate surface area is 86.2 Å².